The number of aryl methyl sites for hydroxylation is 2. The van der Waals surface area contributed by atoms with E-state index in [-0.39, 0.29) is 12.5 Å². The Morgan fingerprint density at radius 3 is 2.58 bits per heavy atom. The number of para-hydroxylation sites is 1. The lowest BCUT2D eigenvalue weighted by Gasteiger charge is -2.11. The van der Waals surface area contributed by atoms with E-state index in [4.69, 9.17) is 10.6 Å². The smallest absolute Gasteiger partial charge is 0.251 e. The monoisotopic (exact) mass is 439 g/mol. The molecule has 3 aromatic rings. The molecule has 1 heterocycles. The van der Waals surface area contributed by atoms with Gasteiger partial charge in [-0.2, -0.15) is 0 Å². The van der Waals surface area contributed by atoms with Gasteiger partial charge in [-0.25, -0.2) is 4.68 Å². The molecular formula is C23H29N5O2S. The molecule has 8 heteroatoms. The number of thioether (sulfide) groups is 1. The predicted molar refractivity (Wildman–Crippen MR) is 124 cm³/mol. The van der Waals surface area contributed by atoms with E-state index >= 15 is 0 Å². The summed E-state index contributed by atoms with van der Waals surface area (Å²) in [6, 6.07) is 13.6. The number of hydrogen-bond acceptors (Lipinski definition) is 6. The van der Waals surface area contributed by atoms with Crippen molar-refractivity contribution in [2.45, 2.75) is 45.2 Å². The molecule has 0 unspecified atom stereocenters. The Balaban J connectivity index is 1.60. The van der Waals surface area contributed by atoms with Crippen molar-refractivity contribution in [2.24, 2.45) is 5.92 Å². The molecule has 0 aliphatic carbocycles. The summed E-state index contributed by atoms with van der Waals surface area (Å²) in [7, 11) is 0. The Morgan fingerprint density at radius 2 is 1.87 bits per heavy atom. The SMILES string of the molecule is Cc1cccc(C)c1OCc1nnc(SCc2cccc(C(=O)NCC(C)C)c2)n1N. The first-order valence-electron chi connectivity index (χ1n) is 10.2. The maximum Gasteiger partial charge on any atom is 0.251 e. The van der Waals surface area contributed by atoms with E-state index in [1.807, 2.05) is 56.3 Å². The van der Waals surface area contributed by atoms with Crippen LogP contribution in [-0.4, -0.2) is 27.3 Å². The van der Waals surface area contributed by atoms with E-state index in [1.54, 1.807) is 0 Å². The average Bonchev–Trinajstić information content (AvgIpc) is 3.10. The van der Waals surface area contributed by atoms with Gasteiger partial charge in [0.25, 0.3) is 5.91 Å². The Morgan fingerprint density at radius 1 is 1.16 bits per heavy atom. The summed E-state index contributed by atoms with van der Waals surface area (Å²) in [6.45, 7) is 9.04. The van der Waals surface area contributed by atoms with Crippen LogP contribution >= 0.6 is 11.8 Å². The first kappa shape index (κ1) is 22.7. The molecule has 1 amide bonds. The van der Waals surface area contributed by atoms with Crippen LogP contribution < -0.4 is 15.9 Å². The zero-order valence-corrected chi connectivity index (χ0v) is 19.2. The normalized spacial score (nSPS) is 11.0. The van der Waals surface area contributed by atoms with Crippen LogP contribution in [0.2, 0.25) is 0 Å². The van der Waals surface area contributed by atoms with Crippen LogP contribution in [0.25, 0.3) is 0 Å². The summed E-state index contributed by atoms with van der Waals surface area (Å²) in [6.07, 6.45) is 0. The largest absolute Gasteiger partial charge is 0.485 e. The fourth-order valence-corrected chi connectivity index (χ4v) is 3.84. The number of ether oxygens (including phenoxy) is 1. The van der Waals surface area contributed by atoms with Crippen LogP contribution in [0.4, 0.5) is 0 Å². The quantitative estimate of drug-likeness (QED) is 0.388. The van der Waals surface area contributed by atoms with Gasteiger partial charge in [0, 0.05) is 17.9 Å². The van der Waals surface area contributed by atoms with Gasteiger partial charge >= 0.3 is 0 Å². The number of nitrogens with one attached hydrogen (secondary N) is 1. The molecule has 0 aliphatic heterocycles. The van der Waals surface area contributed by atoms with Crippen molar-refractivity contribution in [1.82, 2.24) is 20.2 Å². The number of nitrogens with two attached hydrogens (primary N) is 1. The fraction of sp³-hybridized carbons (Fsp3) is 0.348. The molecule has 1 aromatic heterocycles. The molecule has 0 atom stereocenters. The van der Waals surface area contributed by atoms with E-state index in [2.05, 4.69) is 29.4 Å². The van der Waals surface area contributed by atoms with Crippen LogP contribution in [0.3, 0.4) is 0 Å². The molecule has 0 bridgehead atoms. The molecule has 164 valence electrons. The van der Waals surface area contributed by atoms with Crippen molar-refractivity contribution in [2.75, 3.05) is 12.4 Å². The molecule has 0 radical (unpaired) electrons. The van der Waals surface area contributed by atoms with Crippen molar-refractivity contribution in [1.29, 1.82) is 0 Å². The third-order valence-electron chi connectivity index (χ3n) is 4.72. The third kappa shape index (κ3) is 6.01. The summed E-state index contributed by atoms with van der Waals surface area (Å²) in [5.41, 5.74) is 3.79. The zero-order chi connectivity index (χ0) is 22.4. The van der Waals surface area contributed by atoms with Crippen molar-refractivity contribution in [3.05, 3.63) is 70.5 Å². The summed E-state index contributed by atoms with van der Waals surface area (Å²) >= 11 is 1.46. The molecule has 3 rings (SSSR count). The van der Waals surface area contributed by atoms with Gasteiger partial charge in [-0.15, -0.1) is 10.2 Å². The minimum Gasteiger partial charge on any atom is -0.485 e. The first-order valence-corrected chi connectivity index (χ1v) is 11.2. The van der Waals surface area contributed by atoms with Gasteiger partial charge in [0.1, 0.15) is 12.4 Å². The molecular weight excluding hydrogens is 410 g/mol. The van der Waals surface area contributed by atoms with E-state index in [1.165, 1.54) is 16.4 Å². The van der Waals surface area contributed by atoms with Gasteiger partial charge in [0.15, 0.2) is 5.82 Å². The van der Waals surface area contributed by atoms with Crippen molar-refractivity contribution in [3.63, 3.8) is 0 Å². The Hall–Kier alpha value is -3.00. The van der Waals surface area contributed by atoms with Crippen molar-refractivity contribution >= 4 is 17.7 Å². The van der Waals surface area contributed by atoms with Crippen LogP contribution in [0.1, 0.15) is 46.7 Å². The number of amides is 1. The highest BCUT2D eigenvalue weighted by molar-refractivity contribution is 7.98. The lowest BCUT2D eigenvalue weighted by atomic mass is 10.1. The van der Waals surface area contributed by atoms with Crippen LogP contribution in [0.5, 0.6) is 5.75 Å². The molecule has 2 aromatic carbocycles. The topological polar surface area (TPSA) is 95.1 Å². The summed E-state index contributed by atoms with van der Waals surface area (Å²) < 4.78 is 7.39. The lowest BCUT2D eigenvalue weighted by Crippen LogP contribution is -2.27. The molecule has 0 saturated heterocycles. The van der Waals surface area contributed by atoms with Crippen LogP contribution in [0.15, 0.2) is 47.6 Å². The van der Waals surface area contributed by atoms with E-state index < -0.39 is 0 Å². The van der Waals surface area contributed by atoms with Gasteiger partial charge in [0.05, 0.1) is 0 Å². The van der Waals surface area contributed by atoms with E-state index in [9.17, 15) is 4.79 Å². The maximum absolute atomic E-state index is 12.3. The van der Waals surface area contributed by atoms with E-state index in [0.717, 1.165) is 22.4 Å². The highest BCUT2D eigenvalue weighted by Crippen LogP contribution is 2.24. The average molecular weight is 440 g/mol. The molecule has 0 saturated carbocycles. The molecule has 31 heavy (non-hydrogen) atoms. The van der Waals surface area contributed by atoms with Gasteiger partial charge < -0.3 is 15.9 Å². The Kier molecular flexibility index (Phi) is 7.57. The minimum atomic E-state index is -0.0616. The highest BCUT2D eigenvalue weighted by Gasteiger charge is 2.13. The lowest BCUT2D eigenvalue weighted by molar-refractivity contribution is 0.0949. The second kappa shape index (κ2) is 10.3. The number of carbonyl (C=O) groups is 1. The maximum atomic E-state index is 12.3. The number of hydrogen-bond donors (Lipinski definition) is 2. The van der Waals surface area contributed by atoms with Crippen LogP contribution in [-0.2, 0) is 12.4 Å². The molecule has 0 fully saturated rings. The van der Waals surface area contributed by atoms with E-state index in [0.29, 0.717) is 34.8 Å². The molecule has 0 aliphatic rings. The fourth-order valence-electron chi connectivity index (χ4n) is 3.02. The highest BCUT2D eigenvalue weighted by atomic mass is 32.2. The van der Waals surface area contributed by atoms with Gasteiger partial charge in [-0.05, 0) is 48.6 Å². The van der Waals surface area contributed by atoms with Gasteiger partial charge in [0.2, 0.25) is 5.16 Å². The number of rotatable bonds is 9. The molecule has 3 N–H and O–H groups in total. The standard InChI is InChI=1S/C23H29N5O2S/c1-15(2)12-25-22(29)19-10-6-9-18(11-19)14-31-23-27-26-20(28(23)24)13-30-21-16(3)7-5-8-17(21)4/h5-11,15H,12-14,24H2,1-4H3,(H,25,29). The molecule has 7 nitrogen and oxygen atoms in total. The number of carbonyl (C=O) groups excluding carboxylic acids is 1. The third-order valence-corrected chi connectivity index (χ3v) is 5.73. The Labute approximate surface area is 187 Å². The first-order chi connectivity index (χ1) is 14.8. The van der Waals surface area contributed by atoms with Crippen molar-refractivity contribution in [3.8, 4) is 5.75 Å². The van der Waals surface area contributed by atoms with Crippen molar-refractivity contribution < 1.29 is 9.53 Å². The number of benzene rings is 2. The second-order valence-corrected chi connectivity index (χ2v) is 8.81. The van der Waals surface area contributed by atoms with Crippen LogP contribution in [0, 0.1) is 19.8 Å². The predicted octanol–water partition coefficient (Wildman–Crippen LogP) is 3.87. The van der Waals surface area contributed by atoms with Gasteiger partial charge in [-0.3, -0.25) is 4.79 Å². The Bertz CT molecular complexity index is 1030. The summed E-state index contributed by atoms with van der Waals surface area (Å²) in [5.74, 6) is 8.54. The minimum absolute atomic E-state index is 0.0616. The number of aromatic nitrogens is 3. The number of nitrogen functional groups attached to an aromatic ring is 1. The summed E-state index contributed by atoms with van der Waals surface area (Å²) in [5, 5.41) is 11.9. The second-order valence-electron chi connectivity index (χ2n) is 7.87. The molecule has 0 spiro atoms. The summed E-state index contributed by atoms with van der Waals surface area (Å²) in [4.78, 5) is 12.3. The zero-order valence-electron chi connectivity index (χ0n) is 18.4. The van der Waals surface area contributed by atoms with Gasteiger partial charge in [-0.1, -0.05) is 55.9 Å². The number of nitrogens with zero attached hydrogens (tertiary/aromatic N) is 3.